The molecule has 0 amide bonds. The van der Waals surface area contributed by atoms with Crippen LogP contribution in [0, 0.1) is 5.92 Å². The van der Waals surface area contributed by atoms with Gasteiger partial charge >= 0.3 is 11.9 Å². The van der Waals surface area contributed by atoms with E-state index in [1.54, 1.807) is 0 Å². The van der Waals surface area contributed by atoms with Crippen LogP contribution < -0.4 is 5.43 Å². The van der Waals surface area contributed by atoms with Crippen molar-refractivity contribution in [3.05, 3.63) is 11.3 Å². The summed E-state index contributed by atoms with van der Waals surface area (Å²) in [6, 6.07) is 0. The Kier molecular flexibility index (Phi) is 3.64. The minimum Gasteiger partial charge on any atom is -0.464 e. The van der Waals surface area contributed by atoms with Crippen LogP contribution in [0.25, 0.3) is 0 Å². The molecule has 1 aliphatic carbocycles. The summed E-state index contributed by atoms with van der Waals surface area (Å²) in [6.07, 6.45) is 3.60. The molecule has 1 aliphatic heterocycles. The highest BCUT2D eigenvalue weighted by molar-refractivity contribution is 6.38. The van der Waals surface area contributed by atoms with E-state index in [0.717, 1.165) is 31.3 Å². The van der Waals surface area contributed by atoms with Gasteiger partial charge in [0.05, 0.1) is 14.2 Å². The lowest BCUT2D eigenvalue weighted by atomic mass is 9.79. The monoisotopic (exact) mass is 252 g/mol. The first-order chi connectivity index (χ1) is 8.69. The molecular formula is C12H16N2O4. The zero-order chi connectivity index (χ0) is 13.1. The second-order valence-electron chi connectivity index (χ2n) is 4.29. The molecule has 2 rings (SSSR count). The molecule has 0 saturated heterocycles. The number of esters is 2. The maximum atomic E-state index is 11.6. The number of fused-ring (bicyclic) bond motifs is 1. The van der Waals surface area contributed by atoms with E-state index in [2.05, 4.69) is 10.5 Å². The van der Waals surface area contributed by atoms with Crippen molar-refractivity contribution in [1.82, 2.24) is 5.43 Å². The van der Waals surface area contributed by atoms with Crippen molar-refractivity contribution in [2.75, 3.05) is 14.2 Å². The number of hydrogen-bond donors (Lipinski definition) is 1. The van der Waals surface area contributed by atoms with Crippen molar-refractivity contribution in [3.63, 3.8) is 0 Å². The summed E-state index contributed by atoms with van der Waals surface area (Å²) < 4.78 is 9.43. The molecule has 0 aromatic rings. The highest BCUT2D eigenvalue weighted by Crippen LogP contribution is 2.34. The molecule has 18 heavy (non-hydrogen) atoms. The van der Waals surface area contributed by atoms with E-state index in [0.29, 0.717) is 11.4 Å². The quantitative estimate of drug-likeness (QED) is 0.733. The number of hydrazone groups is 1. The van der Waals surface area contributed by atoms with Gasteiger partial charge in [-0.05, 0) is 24.8 Å². The van der Waals surface area contributed by atoms with Gasteiger partial charge in [-0.15, -0.1) is 0 Å². The topological polar surface area (TPSA) is 77.0 Å². The van der Waals surface area contributed by atoms with Crippen molar-refractivity contribution in [2.24, 2.45) is 11.0 Å². The molecule has 0 spiro atoms. The number of carbonyl (C=O) groups is 2. The lowest BCUT2D eigenvalue weighted by Crippen LogP contribution is -2.38. The van der Waals surface area contributed by atoms with E-state index in [-0.39, 0.29) is 5.92 Å². The summed E-state index contributed by atoms with van der Waals surface area (Å²) in [5, 5.41) is 3.97. The molecule has 0 aromatic carbocycles. The molecule has 1 fully saturated rings. The SMILES string of the molecule is COC(=O)C1=NNC(C(=O)OC)=C2CCCCC12. The molecule has 1 unspecified atom stereocenters. The fourth-order valence-corrected chi connectivity index (χ4v) is 2.45. The molecular weight excluding hydrogens is 236 g/mol. The molecule has 1 atom stereocenters. The number of methoxy groups -OCH3 is 2. The Morgan fingerprint density at radius 1 is 1.22 bits per heavy atom. The summed E-state index contributed by atoms with van der Waals surface area (Å²) in [5.41, 5.74) is 4.25. The van der Waals surface area contributed by atoms with Gasteiger partial charge in [0.1, 0.15) is 5.70 Å². The van der Waals surface area contributed by atoms with Gasteiger partial charge < -0.3 is 9.47 Å². The number of rotatable bonds is 2. The molecule has 2 aliphatic rings. The van der Waals surface area contributed by atoms with E-state index < -0.39 is 11.9 Å². The average Bonchev–Trinajstić information content (AvgIpc) is 2.44. The van der Waals surface area contributed by atoms with Crippen LogP contribution in [0.15, 0.2) is 16.4 Å². The molecule has 1 heterocycles. The zero-order valence-electron chi connectivity index (χ0n) is 10.5. The zero-order valence-corrected chi connectivity index (χ0v) is 10.5. The second-order valence-corrected chi connectivity index (χ2v) is 4.29. The second kappa shape index (κ2) is 5.20. The maximum absolute atomic E-state index is 11.6. The summed E-state index contributed by atoms with van der Waals surface area (Å²) in [4.78, 5) is 23.3. The number of nitrogens with zero attached hydrogens (tertiary/aromatic N) is 1. The van der Waals surface area contributed by atoms with Crippen LogP contribution in [0.4, 0.5) is 0 Å². The van der Waals surface area contributed by atoms with Crippen molar-refractivity contribution in [3.8, 4) is 0 Å². The van der Waals surface area contributed by atoms with E-state index in [1.807, 2.05) is 0 Å². The van der Waals surface area contributed by atoms with Crippen molar-refractivity contribution in [2.45, 2.75) is 25.7 Å². The standard InChI is InChI=1S/C12H16N2O4/c1-17-11(15)9-7-5-3-4-6-8(7)10(14-13-9)12(16)18-2/h7,14H,3-6H2,1-2H3. The first-order valence-electron chi connectivity index (χ1n) is 5.92. The van der Waals surface area contributed by atoms with Crippen molar-refractivity contribution in [1.29, 1.82) is 0 Å². The van der Waals surface area contributed by atoms with E-state index in [4.69, 9.17) is 9.47 Å². The van der Waals surface area contributed by atoms with E-state index in [1.165, 1.54) is 14.2 Å². The molecule has 6 heteroatoms. The van der Waals surface area contributed by atoms with Crippen molar-refractivity contribution < 1.29 is 19.1 Å². The minimum atomic E-state index is -0.448. The molecule has 0 aromatic heterocycles. The van der Waals surface area contributed by atoms with Crippen LogP contribution in [-0.2, 0) is 19.1 Å². The van der Waals surface area contributed by atoms with Gasteiger partial charge in [0.2, 0.25) is 0 Å². The van der Waals surface area contributed by atoms with E-state index >= 15 is 0 Å². The predicted octanol–water partition coefficient (Wildman–Crippen LogP) is 0.736. The normalized spacial score (nSPS) is 22.6. The van der Waals surface area contributed by atoms with Gasteiger partial charge in [0.15, 0.2) is 5.71 Å². The molecule has 98 valence electrons. The third-order valence-corrected chi connectivity index (χ3v) is 3.33. The summed E-state index contributed by atoms with van der Waals surface area (Å²) in [7, 11) is 2.65. The van der Waals surface area contributed by atoms with Gasteiger partial charge in [0.25, 0.3) is 0 Å². The first-order valence-corrected chi connectivity index (χ1v) is 5.92. The molecule has 1 saturated carbocycles. The van der Waals surface area contributed by atoms with Crippen molar-refractivity contribution >= 4 is 17.7 Å². The molecule has 1 N–H and O–H groups in total. The van der Waals surface area contributed by atoms with Crippen LogP contribution in [-0.4, -0.2) is 31.9 Å². The number of nitrogens with one attached hydrogen (secondary N) is 1. The van der Waals surface area contributed by atoms with Gasteiger partial charge in [0, 0.05) is 5.92 Å². The number of carbonyl (C=O) groups excluding carboxylic acids is 2. The molecule has 0 radical (unpaired) electrons. The largest absolute Gasteiger partial charge is 0.464 e. The highest BCUT2D eigenvalue weighted by atomic mass is 16.5. The van der Waals surface area contributed by atoms with Crippen LogP contribution >= 0.6 is 0 Å². The Labute approximate surface area is 105 Å². The third kappa shape index (κ3) is 2.10. The van der Waals surface area contributed by atoms with Gasteiger partial charge in [-0.1, -0.05) is 6.42 Å². The smallest absolute Gasteiger partial charge is 0.355 e. The molecule has 6 nitrogen and oxygen atoms in total. The Bertz CT molecular complexity index is 439. The molecule has 0 bridgehead atoms. The van der Waals surface area contributed by atoms with Gasteiger partial charge in [-0.2, -0.15) is 5.10 Å². The summed E-state index contributed by atoms with van der Waals surface area (Å²) in [5.74, 6) is -1.01. The van der Waals surface area contributed by atoms with Gasteiger partial charge in [-0.25, -0.2) is 9.59 Å². The highest BCUT2D eigenvalue weighted by Gasteiger charge is 2.36. The maximum Gasteiger partial charge on any atom is 0.355 e. The Balaban J connectivity index is 2.33. The van der Waals surface area contributed by atoms with Crippen LogP contribution in [0.5, 0.6) is 0 Å². The van der Waals surface area contributed by atoms with Crippen LogP contribution in [0.2, 0.25) is 0 Å². The Morgan fingerprint density at radius 3 is 2.61 bits per heavy atom. The van der Waals surface area contributed by atoms with E-state index in [9.17, 15) is 9.59 Å². The minimum absolute atomic E-state index is 0.124. The summed E-state index contributed by atoms with van der Waals surface area (Å²) >= 11 is 0. The Morgan fingerprint density at radius 2 is 1.94 bits per heavy atom. The summed E-state index contributed by atoms with van der Waals surface area (Å²) in [6.45, 7) is 0. The lowest BCUT2D eigenvalue weighted by molar-refractivity contribution is -0.137. The fraction of sp³-hybridized carbons (Fsp3) is 0.583. The van der Waals surface area contributed by atoms with Gasteiger partial charge in [-0.3, -0.25) is 5.43 Å². The van der Waals surface area contributed by atoms with Crippen LogP contribution in [0.3, 0.4) is 0 Å². The third-order valence-electron chi connectivity index (χ3n) is 3.33. The number of hydrogen-bond acceptors (Lipinski definition) is 6. The number of ether oxygens (including phenoxy) is 2. The van der Waals surface area contributed by atoms with Crippen LogP contribution in [0.1, 0.15) is 25.7 Å². The average molecular weight is 252 g/mol. The fourth-order valence-electron chi connectivity index (χ4n) is 2.45. The number of allylic oxidation sites excluding steroid dienone is 1. The first kappa shape index (κ1) is 12.6. The Hall–Kier alpha value is -1.85. The predicted molar refractivity (Wildman–Crippen MR) is 63.6 cm³/mol. The lowest BCUT2D eigenvalue weighted by Gasteiger charge is -2.30.